The second-order valence-electron chi connectivity index (χ2n) is 6.51. The van der Waals surface area contributed by atoms with Gasteiger partial charge in [0.25, 0.3) is 10.0 Å². The van der Waals surface area contributed by atoms with E-state index in [1.54, 1.807) is 6.07 Å². The van der Waals surface area contributed by atoms with Crippen LogP contribution in [0, 0.1) is 20.8 Å². The Kier molecular flexibility index (Phi) is 5.59. The van der Waals surface area contributed by atoms with E-state index in [0.717, 1.165) is 16.7 Å². The molecule has 2 N–H and O–H groups in total. The fourth-order valence-corrected chi connectivity index (χ4v) is 4.52. The van der Waals surface area contributed by atoms with Crippen molar-refractivity contribution in [2.75, 3.05) is 4.72 Å². The molecule has 0 aliphatic carbocycles. The van der Waals surface area contributed by atoms with Crippen LogP contribution in [-0.4, -0.2) is 29.5 Å². The molecule has 0 amide bonds. The van der Waals surface area contributed by atoms with Crippen molar-refractivity contribution in [2.24, 2.45) is 0 Å². The molecule has 3 rings (SSSR count). The van der Waals surface area contributed by atoms with Gasteiger partial charge < -0.3 is 5.11 Å². The van der Waals surface area contributed by atoms with Gasteiger partial charge >= 0.3 is 5.97 Å². The maximum Gasteiger partial charge on any atom is 0.335 e. The SMILES string of the molecule is Cc1cccc(C)c1-c1cc(Cl)nc(NS(=O)(=O)c2cccc(C(=O)O)c2C)n1. The van der Waals surface area contributed by atoms with Gasteiger partial charge in [0.15, 0.2) is 0 Å². The van der Waals surface area contributed by atoms with E-state index in [0.29, 0.717) is 5.69 Å². The highest BCUT2D eigenvalue weighted by molar-refractivity contribution is 7.92. The third-order valence-corrected chi connectivity index (χ3v) is 6.13. The van der Waals surface area contributed by atoms with E-state index in [1.807, 2.05) is 32.0 Å². The highest BCUT2D eigenvalue weighted by Crippen LogP contribution is 2.29. The fraction of sp³-hybridized carbons (Fsp3) is 0.150. The number of sulfonamides is 1. The number of hydrogen-bond acceptors (Lipinski definition) is 5. The number of rotatable bonds is 5. The average molecular weight is 432 g/mol. The highest BCUT2D eigenvalue weighted by Gasteiger charge is 2.22. The minimum Gasteiger partial charge on any atom is -0.478 e. The molecule has 0 unspecified atom stereocenters. The molecule has 0 saturated carbocycles. The van der Waals surface area contributed by atoms with Gasteiger partial charge in [-0.2, -0.15) is 0 Å². The van der Waals surface area contributed by atoms with E-state index < -0.39 is 16.0 Å². The number of carboxylic acids is 1. The topological polar surface area (TPSA) is 109 Å². The highest BCUT2D eigenvalue weighted by atomic mass is 35.5. The molecule has 0 spiro atoms. The fourth-order valence-electron chi connectivity index (χ4n) is 3.12. The lowest BCUT2D eigenvalue weighted by Crippen LogP contribution is -2.17. The number of hydrogen-bond donors (Lipinski definition) is 2. The molecule has 150 valence electrons. The summed E-state index contributed by atoms with van der Waals surface area (Å²) in [6.45, 7) is 5.27. The van der Waals surface area contributed by atoms with Crippen LogP contribution in [0.2, 0.25) is 5.15 Å². The molecule has 0 aliphatic heterocycles. The zero-order valence-electron chi connectivity index (χ0n) is 15.9. The van der Waals surface area contributed by atoms with Crippen LogP contribution in [-0.2, 0) is 10.0 Å². The number of carbonyl (C=O) groups is 1. The Morgan fingerprint density at radius 2 is 1.66 bits per heavy atom. The molecule has 0 radical (unpaired) electrons. The summed E-state index contributed by atoms with van der Waals surface area (Å²) in [7, 11) is -4.13. The summed E-state index contributed by atoms with van der Waals surface area (Å²) in [5.41, 5.74) is 3.24. The van der Waals surface area contributed by atoms with Gasteiger partial charge in [-0.25, -0.2) is 27.9 Å². The Morgan fingerprint density at radius 3 is 2.28 bits per heavy atom. The standard InChI is InChI=1S/C20H18ClN3O4S/c1-11-6-4-7-12(2)18(11)15-10-17(21)23-20(22-15)24-29(27,28)16-9-5-8-14(13(16)3)19(25)26/h4-10H,1-3H3,(H,25,26)(H,22,23,24). The van der Waals surface area contributed by atoms with Crippen LogP contribution in [0.4, 0.5) is 5.95 Å². The summed E-state index contributed by atoms with van der Waals surface area (Å²) in [6, 6.07) is 11.3. The second-order valence-corrected chi connectivity index (χ2v) is 8.54. The van der Waals surface area contributed by atoms with E-state index in [2.05, 4.69) is 14.7 Å². The molecular weight excluding hydrogens is 414 g/mol. The molecule has 0 atom stereocenters. The van der Waals surface area contributed by atoms with E-state index in [1.165, 1.54) is 25.1 Å². The third kappa shape index (κ3) is 4.23. The van der Waals surface area contributed by atoms with Crippen LogP contribution in [0.15, 0.2) is 47.4 Å². The van der Waals surface area contributed by atoms with Gasteiger partial charge in [-0.1, -0.05) is 35.9 Å². The summed E-state index contributed by atoms with van der Waals surface area (Å²) in [5.74, 6) is -1.41. The first-order chi connectivity index (χ1) is 13.6. The van der Waals surface area contributed by atoms with Crippen molar-refractivity contribution in [1.29, 1.82) is 0 Å². The number of halogens is 1. The average Bonchev–Trinajstić information content (AvgIpc) is 2.60. The maximum atomic E-state index is 12.9. The number of aromatic carboxylic acids is 1. The van der Waals surface area contributed by atoms with Crippen molar-refractivity contribution in [3.05, 3.63) is 69.9 Å². The summed E-state index contributed by atoms with van der Waals surface area (Å²) >= 11 is 6.11. The molecule has 1 heterocycles. The summed E-state index contributed by atoms with van der Waals surface area (Å²) in [6.07, 6.45) is 0. The number of carboxylic acid groups (broad SMARTS) is 1. The second kappa shape index (κ2) is 7.81. The predicted octanol–water partition coefficient (Wildman–Crippen LogP) is 4.22. The van der Waals surface area contributed by atoms with Gasteiger partial charge in [0.05, 0.1) is 16.2 Å². The molecule has 0 aliphatic rings. The number of anilines is 1. The molecule has 2 aromatic carbocycles. The minimum absolute atomic E-state index is 0.0753. The van der Waals surface area contributed by atoms with E-state index in [4.69, 9.17) is 11.6 Å². The lowest BCUT2D eigenvalue weighted by molar-refractivity contribution is 0.0696. The van der Waals surface area contributed by atoms with Crippen LogP contribution in [0.1, 0.15) is 27.0 Å². The van der Waals surface area contributed by atoms with Crippen LogP contribution in [0.25, 0.3) is 11.3 Å². The quantitative estimate of drug-likeness (QED) is 0.585. The van der Waals surface area contributed by atoms with E-state index >= 15 is 0 Å². The summed E-state index contributed by atoms with van der Waals surface area (Å²) in [5, 5.41) is 9.31. The lowest BCUT2D eigenvalue weighted by Gasteiger charge is -2.13. The van der Waals surface area contributed by atoms with Crippen LogP contribution >= 0.6 is 11.6 Å². The molecule has 3 aromatic rings. The van der Waals surface area contributed by atoms with Crippen molar-refractivity contribution in [1.82, 2.24) is 9.97 Å². The molecule has 9 heteroatoms. The zero-order chi connectivity index (χ0) is 21.3. The molecule has 1 aromatic heterocycles. The molecule has 29 heavy (non-hydrogen) atoms. The van der Waals surface area contributed by atoms with Crippen molar-refractivity contribution >= 4 is 33.5 Å². The van der Waals surface area contributed by atoms with Gasteiger partial charge in [-0.3, -0.25) is 0 Å². The summed E-state index contributed by atoms with van der Waals surface area (Å²) < 4.78 is 28.0. The van der Waals surface area contributed by atoms with Crippen LogP contribution in [0.3, 0.4) is 0 Å². The Hall–Kier alpha value is -2.97. The van der Waals surface area contributed by atoms with E-state index in [-0.39, 0.29) is 27.1 Å². The molecule has 0 saturated heterocycles. The number of benzene rings is 2. The molecule has 7 nitrogen and oxygen atoms in total. The zero-order valence-corrected chi connectivity index (χ0v) is 17.5. The van der Waals surface area contributed by atoms with Gasteiger partial charge in [0.2, 0.25) is 5.95 Å². The van der Waals surface area contributed by atoms with Crippen molar-refractivity contribution in [3.8, 4) is 11.3 Å². The predicted molar refractivity (Wildman–Crippen MR) is 111 cm³/mol. The smallest absolute Gasteiger partial charge is 0.335 e. The first-order valence-corrected chi connectivity index (χ1v) is 10.4. The van der Waals surface area contributed by atoms with Gasteiger partial charge in [0, 0.05) is 11.6 Å². The Morgan fingerprint density at radius 1 is 1.03 bits per heavy atom. The van der Waals surface area contributed by atoms with Crippen molar-refractivity contribution in [2.45, 2.75) is 25.7 Å². The Labute approximate surface area is 173 Å². The van der Waals surface area contributed by atoms with Crippen molar-refractivity contribution in [3.63, 3.8) is 0 Å². The maximum absolute atomic E-state index is 12.9. The number of aromatic nitrogens is 2. The molecule has 0 bridgehead atoms. The third-order valence-electron chi connectivity index (χ3n) is 4.46. The van der Waals surface area contributed by atoms with E-state index in [9.17, 15) is 18.3 Å². The summed E-state index contributed by atoms with van der Waals surface area (Å²) in [4.78, 5) is 19.4. The van der Waals surface area contributed by atoms with Crippen molar-refractivity contribution < 1.29 is 18.3 Å². The first-order valence-electron chi connectivity index (χ1n) is 8.57. The monoisotopic (exact) mass is 431 g/mol. The van der Waals surface area contributed by atoms with Gasteiger partial charge in [-0.05, 0) is 49.6 Å². The van der Waals surface area contributed by atoms with Gasteiger partial charge in [-0.15, -0.1) is 0 Å². The first kappa shape index (κ1) is 20.8. The molecular formula is C20H18ClN3O4S. The van der Waals surface area contributed by atoms with Gasteiger partial charge in [0.1, 0.15) is 5.15 Å². The number of nitrogens with one attached hydrogen (secondary N) is 1. The van der Waals surface area contributed by atoms with Crippen LogP contribution in [0.5, 0.6) is 0 Å². The Bertz CT molecular complexity index is 1210. The lowest BCUT2D eigenvalue weighted by atomic mass is 10.00. The number of nitrogens with zero attached hydrogens (tertiary/aromatic N) is 2. The van der Waals surface area contributed by atoms with Crippen LogP contribution < -0.4 is 4.72 Å². The Balaban J connectivity index is 2.06. The normalized spacial score (nSPS) is 11.3. The molecule has 0 fully saturated rings. The minimum atomic E-state index is -4.13. The largest absolute Gasteiger partial charge is 0.478 e. The number of aryl methyl sites for hydroxylation is 2.